The van der Waals surface area contributed by atoms with Crippen molar-refractivity contribution in [2.75, 3.05) is 32.1 Å². The lowest BCUT2D eigenvalue weighted by molar-refractivity contribution is -0.117. The van der Waals surface area contributed by atoms with Gasteiger partial charge in [-0.1, -0.05) is 12.1 Å². The Labute approximate surface area is 184 Å². The van der Waals surface area contributed by atoms with Crippen LogP contribution in [0.1, 0.15) is 42.1 Å². The molecule has 1 amide bonds. The van der Waals surface area contributed by atoms with Gasteiger partial charge in [0.05, 0.1) is 31.4 Å². The number of ether oxygens (including phenoxy) is 2. The Morgan fingerprint density at radius 1 is 1.35 bits per heavy atom. The largest absolute Gasteiger partial charge is 0.494 e. The molecule has 1 aromatic carbocycles. The first-order chi connectivity index (χ1) is 14.9. The molecule has 2 heterocycles. The first-order valence-corrected chi connectivity index (χ1v) is 10.8. The molecule has 166 valence electrons. The minimum atomic E-state index is -0.143. The van der Waals surface area contributed by atoms with E-state index in [0.717, 1.165) is 42.0 Å². The molecule has 1 atom stereocenters. The van der Waals surface area contributed by atoms with Crippen LogP contribution in [0.25, 0.3) is 0 Å². The molecule has 3 rings (SSSR count). The summed E-state index contributed by atoms with van der Waals surface area (Å²) in [6, 6.07) is 10.2. The summed E-state index contributed by atoms with van der Waals surface area (Å²) in [5.74, 6) is 1.27. The van der Waals surface area contributed by atoms with Gasteiger partial charge in [-0.2, -0.15) is 5.26 Å². The Bertz CT molecular complexity index is 937. The highest BCUT2D eigenvalue weighted by Crippen LogP contribution is 2.28. The number of rotatable bonds is 9. The third-order valence-corrected chi connectivity index (χ3v) is 5.71. The van der Waals surface area contributed by atoms with Gasteiger partial charge in [-0.25, -0.2) is 0 Å². The van der Waals surface area contributed by atoms with Crippen molar-refractivity contribution in [3.05, 3.63) is 46.6 Å². The molecule has 0 spiro atoms. The smallest absolute Gasteiger partial charge is 0.239 e. The summed E-state index contributed by atoms with van der Waals surface area (Å²) in [4.78, 5) is 14.8. The van der Waals surface area contributed by atoms with Gasteiger partial charge in [0.15, 0.2) is 0 Å². The van der Waals surface area contributed by atoms with Crippen molar-refractivity contribution in [3.8, 4) is 11.8 Å². The van der Waals surface area contributed by atoms with Crippen molar-refractivity contribution in [1.82, 2.24) is 9.47 Å². The van der Waals surface area contributed by atoms with Crippen molar-refractivity contribution in [3.63, 3.8) is 0 Å². The van der Waals surface area contributed by atoms with Gasteiger partial charge in [-0.3, -0.25) is 9.69 Å². The fraction of sp³-hybridized carbons (Fsp3) is 0.500. The van der Waals surface area contributed by atoms with E-state index in [4.69, 9.17) is 9.47 Å². The van der Waals surface area contributed by atoms with Crippen LogP contribution in [0.15, 0.2) is 24.3 Å². The minimum absolute atomic E-state index is 0.120. The summed E-state index contributed by atoms with van der Waals surface area (Å²) in [7, 11) is 1.91. The molecule has 0 saturated carbocycles. The summed E-state index contributed by atoms with van der Waals surface area (Å²) in [5, 5.41) is 12.7. The number of nitriles is 1. The lowest BCUT2D eigenvalue weighted by Gasteiger charge is -2.19. The molecule has 0 unspecified atom stereocenters. The van der Waals surface area contributed by atoms with Crippen molar-refractivity contribution in [1.29, 1.82) is 5.26 Å². The molecule has 1 N–H and O–H groups in total. The van der Waals surface area contributed by atoms with Crippen molar-refractivity contribution >= 4 is 11.7 Å². The van der Waals surface area contributed by atoms with E-state index in [2.05, 4.69) is 11.4 Å². The molecule has 2 aromatic rings. The summed E-state index contributed by atoms with van der Waals surface area (Å²) in [6.07, 6.45) is 2.17. The monoisotopic (exact) mass is 424 g/mol. The van der Waals surface area contributed by atoms with Gasteiger partial charge in [0.1, 0.15) is 17.6 Å². The van der Waals surface area contributed by atoms with Gasteiger partial charge < -0.3 is 19.4 Å². The summed E-state index contributed by atoms with van der Waals surface area (Å²) in [6.45, 7) is 8.78. The van der Waals surface area contributed by atoms with Crippen LogP contribution in [0.3, 0.4) is 0 Å². The lowest BCUT2D eigenvalue weighted by atomic mass is 10.2. The quantitative estimate of drug-likeness (QED) is 0.665. The van der Waals surface area contributed by atoms with Crippen molar-refractivity contribution in [2.24, 2.45) is 0 Å². The predicted molar refractivity (Wildman–Crippen MR) is 120 cm³/mol. The molecule has 0 aliphatic carbocycles. The summed E-state index contributed by atoms with van der Waals surface area (Å²) in [5.41, 5.74) is 3.52. The lowest BCUT2D eigenvalue weighted by Crippen LogP contribution is -2.31. The first kappa shape index (κ1) is 22.9. The van der Waals surface area contributed by atoms with Gasteiger partial charge in [0.25, 0.3) is 0 Å². The zero-order valence-electron chi connectivity index (χ0n) is 18.9. The van der Waals surface area contributed by atoms with Crippen LogP contribution in [-0.4, -0.2) is 48.3 Å². The molecule has 1 aliphatic heterocycles. The summed E-state index contributed by atoms with van der Waals surface area (Å²) < 4.78 is 13.3. The Hall–Kier alpha value is -2.82. The highest BCUT2D eigenvalue weighted by atomic mass is 16.5. The molecule has 31 heavy (non-hydrogen) atoms. The average Bonchev–Trinajstić information content (AvgIpc) is 3.32. The second-order valence-electron chi connectivity index (χ2n) is 8.09. The molecule has 1 aliphatic rings. The number of carbonyl (C=O) groups excluding carboxylic acids is 1. The van der Waals surface area contributed by atoms with Crippen LogP contribution in [0.4, 0.5) is 5.82 Å². The van der Waals surface area contributed by atoms with Crippen LogP contribution < -0.4 is 10.1 Å². The van der Waals surface area contributed by atoms with E-state index in [1.165, 1.54) is 0 Å². The summed E-state index contributed by atoms with van der Waals surface area (Å²) >= 11 is 0. The molecular formula is C24H32N4O3. The molecule has 0 radical (unpaired) electrons. The van der Waals surface area contributed by atoms with Gasteiger partial charge in [-0.05, 0) is 63.9 Å². The first-order valence-electron chi connectivity index (χ1n) is 10.8. The molecular weight excluding hydrogens is 392 g/mol. The Morgan fingerprint density at radius 3 is 2.71 bits per heavy atom. The van der Waals surface area contributed by atoms with E-state index in [-0.39, 0.29) is 18.6 Å². The van der Waals surface area contributed by atoms with E-state index in [9.17, 15) is 10.1 Å². The number of benzene rings is 1. The molecule has 7 nitrogen and oxygen atoms in total. The third-order valence-electron chi connectivity index (χ3n) is 5.71. The predicted octanol–water partition coefficient (Wildman–Crippen LogP) is 3.62. The second-order valence-corrected chi connectivity index (χ2v) is 8.09. The van der Waals surface area contributed by atoms with E-state index in [0.29, 0.717) is 31.1 Å². The van der Waals surface area contributed by atoms with Crippen LogP contribution in [0.5, 0.6) is 5.75 Å². The maximum absolute atomic E-state index is 12.8. The van der Waals surface area contributed by atoms with Gasteiger partial charge in [0, 0.05) is 18.8 Å². The Balaban J connectivity index is 1.66. The number of likely N-dealkylation sites (N-methyl/N-ethyl adjacent to an activating group) is 1. The van der Waals surface area contributed by atoms with E-state index in [1.54, 1.807) is 0 Å². The van der Waals surface area contributed by atoms with Crippen LogP contribution in [0.2, 0.25) is 0 Å². The minimum Gasteiger partial charge on any atom is -0.494 e. The third kappa shape index (κ3) is 5.66. The highest BCUT2D eigenvalue weighted by molar-refractivity contribution is 5.93. The number of hydrogen-bond acceptors (Lipinski definition) is 5. The van der Waals surface area contributed by atoms with Crippen LogP contribution in [0, 0.1) is 25.2 Å². The standard InChI is InChI=1S/C24H32N4O3/c1-5-30-20-10-8-19(9-11-20)14-27(4)16-23(29)26-24-22(13-25)17(2)18(3)28(24)15-21-7-6-12-31-21/h8-11,21H,5-7,12,14-16H2,1-4H3,(H,26,29)/t21-/m1/s1. The highest BCUT2D eigenvalue weighted by Gasteiger charge is 2.24. The van der Waals surface area contributed by atoms with E-state index >= 15 is 0 Å². The number of nitrogens with one attached hydrogen (secondary N) is 1. The fourth-order valence-electron chi connectivity index (χ4n) is 3.99. The molecule has 1 fully saturated rings. The van der Waals surface area contributed by atoms with Crippen LogP contribution in [-0.2, 0) is 22.6 Å². The van der Waals surface area contributed by atoms with Gasteiger partial charge in [-0.15, -0.1) is 0 Å². The Kier molecular flexibility index (Phi) is 7.72. The number of anilines is 1. The number of amides is 1. The zero-order valence-corrected chi connectivity index (χ0v) is 18.9. The van der Waals surface area contributed by atoms with E-state index < -0.39 is 0 Å². The number of nitrogens with zero attached hydrogens (tertiary/aromatic N) is 3. The second kappa shape index (κ2) is 10.5. The molecule has 1 saturated heterocycles. The molecule has 1 aromatic heterocycles. The molecule has 0 bridgehead atoms. The SMILES string of the molecule is CCOc1ccc(CN(C)CC(=O)Nc2c(C#N)c(C)c(C)n2C[C@H]2CCCO2)cc1. The maximum Gasteiger partial charge on any atom is 0.239 e. The normalized spacial score (nSPS) is 15.8. The maximum atomic E-state index is 12.8. The zero-order chi connectivity index (χ0) is 22.4. The number of aromatic nitrogens is 1. The number of hydrogen-bond donors (Lipinski definition) is 1. The van der Waals surface area contributed by atoms with Crippen molar-refractivity contribution < 1.29 is 14.3 Å². The molecule has 7 heteroatoms. The topological polar surface area (TPSA) is 79.5 Å². The van der Waals surface area contributed by atoms with Crippen LogP contribution >= 0.6 is 0 Å². The van der Waals surface area contributed by atoms with Gasteiger partial charge in [0.2, 0.25) is 5.91 Å². The number of carbonyl (C=O) groups is 1. The van der Waals surface area contributed by atoms with E-state index in [1.807, 2.05) is 61.6 Å². The van der Waals surface area contributed by atoms with Crippen molar-refractivity contribution in [2.45, 2.75) is 52.8 Å². The average molecular weight is 425 g/mol. The Morgan fingerprint density at radius 2 is 2.10 bits per heavy atom. The van der Waals surface area contributed by atoms with Gasteiger partial charge >= 0.3 is 0 Å². The fourth-order valence-corrected chi connectivity index (χ4v) is 3.99.